The first-order chi connectivity index (χ1) is 9.51. The summed E-state index contributed by atoms with van der Waals surface area (Å²) in [4.78, 5) is 0. The van der Waals surface area contributed by atoms with E-state index in [1.165, 1.54) is 6.07 Å². The van der Waals surface area contributed by atoms with E-state index in [-0.39, 0.29) is 11.9 Å². The topological polar surface area (TPSA) is 38.0 Å². The van der Waals surface area contributed by atoms with Crippen molar-refractivity contribution in [2.75, 3.05) is 0 Å². The van der Waals surface area contributed by atoms with Gasteiger partial charge < -0.3 is 0 Å². The van der Waals surface area contributed by atoms with Crippen molar-refractivity contribution in [3.05, 3.63) is 69.0 Å². The van der Waals surface area contributed by atoms with Gasteiger partial charge in [-0.25, -0.2) is 4.39 Å². The van der Waals surface area contributed by atoms with Crippen molar-refractivity contribution in [2.45, 2.75) is 19.4 Å². The number of hydrogen-bond acceptors (Lipinski definition) is 2. The Bertz CT molecular complexity index is 617. The largest absolute Gasteiger partial charge is 0.271 e. The van der Waals surface area contributed by atoms with Gasteiger partial charge in [0.1, 0.15) is 5.82 Å². The van der Waals surface area contributed by atoms with Crippen LogP contribution in [0, 0.1) is 12.7 Å². The molecule has 5 heteroatoms. The molecule has 0 aliphatic rings. The Labute approximate surface area is 127 Å². The molecule has 0 heterocycles. The highest BCUT2D eigenvalue weighted by Gasteiger charge is 2.16. The summed E-state index contributed by atoms with van der Waals surface area (Å²) in [5.74, 6) is 5.24. The summed E-state index contributed by atoms with van der Waals surface area (Å²) in [5.41, 5.74) is 5.12. The molecule has 0 aromatic heterocycles. The maximum absolute atomic E-state index is 13.8. The van der Waals surface area contributed by atoms with Crippen LogP contribution in [-0.2, 0) is 6.42 Å². The van der Waals surface area contributed by atoms with Gasteiger partial charge in [-0.05, 0) is 48.2 Å². The van der Waals surface area contributed by atoms with Crippen LogP contribution >= 0.6 is 23.2 Å². The highest BCUT2D eigenvalue weighted by atomic mass is 35.5. The Morgan fingerprint density at radius 2 is 1.95 bits per heavy atom. The monoisotopic (exact) mass is 312 g/mol. The first-order valence-corrected chi connectivity index (χ1v) is 6.93. The Balaban J connectivity index is 2.28. The number of nitrogens with two attached hydrogens (primary N) is 1. The number of nitrogens with one attached hydrogen (secondary N) is 1. The average Bonchev–Trinajstić information content (AvgIpc) is 2.39. The van der Waals surface area contributed by atoms with Crippen molar-refractivity contribution in [3.63, 3.8) is 0 Å². The molecular formula is C15H15Cl2FN2. The molecule has 2 nitrogen and oxygen atoms in total. The molecule has 0 spiro atoms. The molecule has 2 aromatic carbocycles. The summed E-state index contributed by atoms with van der Waals surface area (Å²) in [6, 6.07) is 10.0. The van der Waals surface area contributed by atoms with E-state index < -0.39 is 0 Å². The van der Waals surface area contributed by atoms with Gasteiger partial charge in [0.25, 0.3) is 0 Å². The second-order valence-corrected chi connectivity index (χ2v) is 5.53. The normalized spacial score (nSPS) is 12.4. The van der Waals surface area contributed by atoms with Gasteiger partial charge in [-0.1, -0.05) is 41.4 Å². The van der Waals surface area contributed by atoms with Crippen molar-refractivity contribution in [3.8, 4) is 0 Å². The molecule has 1 atom stereocenters. The summed E-state index contributed by atoms with van der Waals surface area (Å²) in [5, 5.41) is 0.985. The van der Waals surface area contributed by atoms with Crippen LogP contribution < -0.4 is 11.3 Å². The lowest BCUT2D eigenvalue weighted by molar-refractivity contribution is 0.529. The van der Waals surface area contributed by atoms with Gasteiger partial charge in [0.2, 0.25) is 0 Å². The molecule has 106 valence electrons. The Morgan fingerprint density at radius 1 is 1.20 bits per heavy atom. The molecule has 2 rings (SSSR count). The smallest absolute Gasteiger partial charge is 0.127 e. The molecule has 2 aromatic rings. The van der Waals surface area contributed by atoms with Crippen molar-refractivity contribution >= 4 is 23.2 Å². The lowest BCUT2D eigenvalue weighted by atomic mass is 9.98. The predicted octanol–water partition coefficient (Wildman–Crippen LogP) is 4.19. The zero-order valence-corrected chi connectivity index (χ0v) is 12.5. The molecule has 0 aliphatic heterocycles. The summed E-state index contributed by atoms with van der Waals surface area (Å²) < 4.78 is 13.8. The fourth-order valence-corrected chi connectivity index (χ4v) is 2.61. The second kappa shape index (κ2) is 6.55. The third-order valence-electron chi connectivity index (χ3n) is 3.17. The number of benzene rings is 2. The molecule has 0 saturated heterocycles. The minimum Gasteiger partial charge on any atom is -0.271 e. The molecule has 0 bridgehead atoms. The summed E-state index contributed by atoms with van der Waals surface area (Å²) in [6.07, 6.45) is 0.391. The Hall–Kier alpha value is -1.13. The minimum atomic E-state index is -0.346. The maximum Gasteiger partial charge on any atom is 0.127 e. The molecule has 0 radical (unpaired) electrons. The molecule has 20 heavy (non-hydrogen) atoms. The zero-order valence-electron chi connectivity index (χ0n) is 11.0. The van der Waals surface area contributed by atoms with Crippen LogP contribution in [-0.4, -0.2) is 0 Å². The van der Waals surface area contributed by atoms with Crippen LogP contribution in [0.15, 0.2) is 36.4 Å². The van der Waals surface area contributed by atoms with Crippen LogP contribution in [0.5, 0.6) is 0 Å². The highest BCUT2D eigenvalue weighted by Crippen LogP contribution is 2.27. The number of aryl methyl sites for hydroxylation is 1. The molecule has 1 unspecified atom stereocenters. The number of hydrazine groups is 1. The highest BCUT2D eigenvalue weighted by molar-refractivity contribution is 6.31. The SMILES string of the molecule is Cc1ccc(C(Cc2ccc(Cl)cc2F)NN)c(Cl)c1. The third-order valence-corrected chi connectivity index (χ3v) is 3.73. The van der Waals surface area contributed by atoms with E-state index in [0.29, 0.717) is 22.0 Å². The van der Waals surface area contributed by atoms with Gasteiger partial charge in [0.15, 0.2) is 0 Å². The summed E-state index contributed by atoms with van der Waals surface area (Å²) >= 11 is 12.0. The first-order valence-electron chi connectivity index (χ1n) is 6.17. The van der Waals surface area contributed by atoms with Crippen LogP contribution in [0.3, 0.4) is 0 Å². The lowest BCUT2D eigenvalue weighted by Crippen LogP contribution is -2.30. The Morgan fingerprint density at radius 3 is 2.55 bits per heavy atom. The van der Waals surface area contributed by atoms with E-state index in [1.54, 1.807) is 12.1 Å². The fraction of sp³-hybridized carbons (Fsp3) is 0.200. The molecule has 0 amide bonds. The quantitative estimate of drug-likeness (QED) is 0.656. The van der Waals surface area contributed by atoms with Crippen LogP contribution in [0.1, 0.15) is 22.7 Å². The van der Waals surface area contributed by atoms with E-state index in [4.69, 9.17) is 29.0 Å². The third kappa shape index (κ3) is 3.49. The van der Waals surface area contributed by atoms with Gasteiger partial charge in [-0.2, -0.15) is 0 Å². The lowest BCUT2D eigenvalue weighted by Gasteiger charge is -2.18. The second-order valence-electron chi connectivity index (χ2n) is 4.68. The molecular weight excluding hydrogens is 298 g/mol. The van der Waals surface area contributed by atoms with Gasteiger partial charge in [-0.15, -0.1) is 0 Å². The van der Waals surface area contributed by atoms with Crippen LogP contribution in [0.25, 0.3) is 0 Å². The number of halogens is 3. The van der Waals surface area contributed by atoms with Crippen molar-refractivity contribution in [1.29, 1.82) is 0 Å². The summed E-state index contributed by atoms with van der Waals surface area (Å²) in [6.45, 7) is 1.96. The van der Waals surface area contributed by atoms with Crippen molar-refractivity contribution in [1.82, 2.24) is 5.43 Å². The van der Waals surface area contributed by atoms with Gasteiger partial charge in [0.05, 0.1) is 6.04 Å². The molecule has 3 N–H and O–H groups in total. The maximum atomic E-state index is 13.8. The predicted molar refractivity (Wildman–Crippen MR) is 81.4 cm³/mol. The average molecular weight is 313 g/mol. The van der Waals surface area contributed by atoms with Gasteiger partial charge in [0, 0.05) is 10.0 Å². The molecule has 0 aliphatic carbocycles. The fourth-order valence-electron chi connectivity index (χ4n) is 2.08. The number of hydrogen-bond donors (Lipinski definition) is 2. The van der Waals surface area contributed by atoms with E-state index in [2.05, 4.69) is 5.43 Å². The van der Waals surface area contributed by atoms with Gasteiger partial charge >= 0.3 is 0 Å². The molecule has 0 fully saturated rings. The Kier molecular flexibility index (Phi) is 5.00. The van der Waals surface area contributed by atoms with Crippen LogP contribution in [0.2, 0.25) is 10.0 Å². The van der Waals surface area contributed by atoms with Crippen molar-refractivity contribution in [2.24, 2.45) is 5.84 Å². The minimum absolute atomic E-state index is 0.265. The van der Waals surface area contributed by atoms with E-state index in [1.807, 2.05) is 25.1 Å². The van der Waals surface area contributed by atoms with E-state index in [9.17, 15) is 4.39 Å². The summed E-state index contributed by atoms with van der Waals surface area (Å²) in [7, 11) is 0. The van der Waals surface area contributed by atoms with E-state index in [0.717, 1.165) is 11.1 Å². The first kappa shape index (κ1) is 15.3. The van der Waals surface area contributed by atoms with Gasteiger partial charge in [-0.3, -0.25) is 11.3 Å². The standard InChI is InChI=1S/C15H15Cl2FN2/c1-9-2-5-12(13(17)6-9)15(20-19)7-10-3-4-11(16)8-14(10)18/h2-6,8,15,20H,7,19H2,1H3. The van der Waals surface area contributed by atoms with Crippen LogP contribution in [0.4, 0.5) is 4.39 Å². The van der Waals surface area contributed by atoms with E-state index >= 15 is 0 Å². The van der Waals surface area contributed by atoms with Crippen molar-refractivity contribution < 1.29 is 4.39 Å². The molecule has 0 saturated carbocycles. The number of rotatable bonds is 4. The zero-order chi connectivity index (χ0) is 14.7.